The molecule has 1 atom stereocenters. The highest BCUT2D eigenvalue weighted by molar-refractivity contribution is 5.14. The Morgan fingerprint density at radius 3 is 2.70 bits per heavy atom. The summed E-state index contributed by atoms with van der Waals surface area (Å²) >= 11 is 0. The van der Waals surface area contributed by atoms with Crippen LogP contribution in [-0.2, 0) is 6.54 Å². The van der Waals surface area contributed by atoms with E-state index in [1.54, 1.807) is 0 Å². The maximum atomic E-state index is 6.25. The van der Waals surface area contributed by atoms with E-state index in [4.69, 9.17) is 5.73 Å². The Morgan fingerprint density at radius 2 is 1.95 bits per heavy atom. The van der Waals surface area contributed by atoms with Crippen LogP contribution < -0.4 is 5.73 Å². The van der Waals surface area contributed by atoms with E-state index in [2.05, 4.69) is 35.2 Å². The fraction of sp³-hybridized carbons (Fsp3) is 0.667. The van der Waals surface area contributed by atoms with E-state index >= 15 is 0 Å². The van der Waals surface area contributed by atoms with Crippen molar-refractivity contribution < 1.29 is 0 Å². The van der Waals surface area contributed by atoms with Crippen molar-refractivity contribution in [1.29, 1.82) is 0 Å². The number of nitrogens with zero attached hydrogens (tertiary/aromatic N) is 1. The standard InChI is InChI=1S/C18H28N2/c19-18(11-12-18)10-9-17-8-4-5-13-20(15-17)14-16-6-2-1-3-7-16/h1-3,6-7,17H,4-5,8-15,19H2. The Bertz CT molecular complexity index is 411. The van der Waals surface area contributed by atoms with Crippen molar-refractivity contribution in [1.82, 2.24) is 4.90 Å². The highest BCUT2D eigenvalue weighted by Crippen LogP contribution is 2.38. The lowest BCUT2D eigenvalue weighted by atomic mass is 9.94. The molecule has 1 aliphatic carbocycles. The van der Waals surface area contributed by atoms with Gasteiger partial charge in [-0.3, -0.25) is 4.90 Å². The van der Waals surface area contributed by atoms with Crippen LogP contribution in [0.3, 0.4) is 0 Å². The molecule has 0 spiro atoms. The maximum Gasteiger partial charge on any atom is 0.0233 e. The van der Waals surface area contributed by atoms with Gasteiger partial charge in [0.2, 0.25) is 0 Å². The zero-order chi connectivity index (χ0) is 13.8. The van der Waals surface area contributed by atoms with Gasteiger partial charge in [0.15, 0.2) is 0 Å². The highest BCUT2D eigenvalue weighted by atomic mass is 15.1. The topological polar surface area (TPSA) is 29.3 Å². The van der Waals surface area contributed by atoms with Crippen LogP contribution in [0.25, 0.3) is 0 Å². The van der Waals surface area contributed by atoms with Gasteiger partial charge in [-0.1, -0.05) is 36.8 Å². The molecule has 3 rings (SSSR count). The summed E-state index contributed by atoms with van der Waals surface area (Å²) in [5.74, 6) is 0.863. The third-order valence-corrected chi connectivity index (χ3v) is 5.04. The molecule has 1 aromatic rings. The summed E-state index contributed by atoms with van der Waals surface area (Å²) in [6.45, 7) is 3.65. The molecule has 2 heteroatoms. The third kappa shape index (κ3) is 4.07. The number of rotatable bonds is 5. The minimum atomic E-state index is 0.233. The van der Waals surface area contributed by atoms with Gasteiger partial charge in [0.25, 0.3) is 0 Å². The van der Waals surface area contributed by atoms with Crippen LogP contribution in [-0.4, -0.2) is 23.5 Å². The minimum absolute atomic E-state index is 0.233. The largest absolute Gasteiger partial charge is 0.325 e. The lowest BCUT2D eigenvalue weighted by Crippen LogP contribution is -2.29. The first-order chi connectivity index (χ1) is 9.73. The van der Waals surface area contributed by atoms with Crippen LogP contribution in [0.15, 0.2) is 30.3 Å². The number of hydrogen-bond acceptors (Lipinski definition) is 2. The van der Waals surface area contributed by atoms with Gasteiger partial charge in [0.05, 0.1) is 0 Å². The summed E-state index contributed by atoms with van der Waals surface area (Å²) in [6, 6.07) is 10.9. The zero-order valence-corrected chi connectivity index (χ0v) is 12.6. The first-order valence-electron chi connectivity index (χ1n) is 8.29. The van der Waals surface area contributed by atoms with Crippen LogP contribution in [0.2, 0.25) is 0 Å². The smallest absolute Gasteiger partial charge is 0.0233 e. The fourth-order valence-electron chi connectivity index (χ4n) is 3.44. The molecule has 2 aliphatic rings. The molecule has 1 aliphatic heterocycles. The Balaban J connectivity index is 1.52. The first-order valence-corrected chi connectivity index (χ1v) is 8.29. The van der Waals surface area contributed by atoms with Gasteiger partial charge in [-0.2, -0.15) is 0 Å². The average Bonchev–Trinajstić information content (AvgIpc) is 3.22. The second kappa shape index (κ2) is 6.28. The Hall–Kier alpha value is -0.860. The molecular weight excluding hydrogens is 244 g/mol. The number of hydrogen-bond donors (Lipinski definition) is 1. The van der Waals surface area contributed by atoms with Crippen LogP contribution in [0.5, 0.6) is 0 Å². The molecule has 20 heavy (non-hydrogen) atoms. The molecule has 2 fully saturated rings. The van der Waals surface area contributed by atoms with Gasteiger partial charge in [-0.05, 0) is 56.6 Å². The van der Waals surface area contributed by atoms with Gasteiger partial charge < -0.3 is 5.73 Å². The van der Waals surface area contributed by atoms with Crippen molar-refractivity contribution in [2.24, 2.45) is 11.7 Å². The molecule has 0 amide bonds. The number of likely N-dealkylation sites (tertiary alicyclic amines) is 1. The van der Waals surface area contributed by atoms with Gasteiger partial charge in [0.1, 0.15) is 0 Å². The summed E-state index contributed by atoms with van der Waals surface area (Å²) in [6.07, 6.45) is 9.26. The zero-order valence-electron chi connectivity index (χ0n) is 12.6. The monoisotopic (exact) mass is 272 g/mol. The lowest BCUT2D eigenvalue weighted by molar-refractivity contribution is 0.230. The molecule has 1 saturated carbocycles. The summed E-state index contributed by atoms with van der Waals surface area (Å²) in [4.78, 5) is 2.66. The van der Waals surface area contributed by atoms with Crippen molar-refractivity contribution in [2.45, 2.75) is 57.0 Å². The molecule has 0 bridgehead atoms. The molecule has 0 aromatic heterocycles. The molecule has 0 radical (unpaired) electrons. The van der Waals surface area contributed by atoms with Gasteiger partial charge in [0, 0.05) is 18.6 Å². The highest BCUT2D eigenvalue weighted by Gasteiger charge is 2.38. The number of benzene rings is 1. The van der Waals surface area contributed by atoms with Gasteiger partial charge in [-0.25, -0.2) is 0 Å². The molecule has 110 valence electrons. The number of nitrogens with two attached hydrogens (primary N) is 1. The van der Waals surface area contributed by atoms with Gasteiger partial charge in [-0.15, -0.1) is 0 Å². The molecule has 1 heterocycles. The van der Waals surface area contributed by atoms with E-state index in [0.29, 0.717) is 0 Å². The van der Waals surface area contributed by atoms with Crippen molar-refractivity contribution in [2.75, 3.05) is 13.1 Å². The predicted octanol–water partition coefficient (Wildman–Crippen LogP) is 3.56. The van der Waals surface area contributed by atoms with E-state index in [9.17, 15) is 0 Å². The summed E-state index contributed by atoms with van der Waals surface area (Å²) < 4.78 is 0. The predicted molar refractivity (Wildman–Crippen MR) is 84.4 cm³/mol. The van der Waals surface area contributed by atoms with Crippen LogP contribution >= 0.6 is 0 Å². The first kappa shape index (κ1) is 14.1. The Kier molecular flexibility index (Phi) is 4.42. The molecule has 1 saturated heterocycles. The average molecular weight is 272 g/mol. The normalized spacial score (nSPS) is 26.1. The van der Waals surface area contributed by atoms with Crippen LogP contribution in [0, 0.1) is 5.92 Å². The van der Waals surface area contributed by atoms with Crippen LogP contribution in [0.1, 0.15) is 50.5 Å². The molecule has 1 unspecified atom stereocenters. The van der Waals surface area contributed by atoms with E-state index < -0.39 is 0 Å². The molecule has 2 N–H and O–H groups in total. The Labute approximate surface area is 123 Å². The molecule has 2 nitrogen and oxygen atoms in total. The van der Waals surface area contributed by atoms with Crippen molar-refractivity contribution in [3.8, 4) is 0 Å². The van der Waals surface area contributed by atoms with E-state index in [-0.39, 0.29) is 5.54 Å². The SMILES string of the molecule is NC1(CCC2CCCCN(Cc3ccccc3)C2)CC1. The second-order valence-electron chi connectivity index (χ2n) is 6.98. The quantitative estimate of drug-likeness (QED) is 0.888. The van der Waals surface area contributed by atoms with Crippen molar-refractivity contribution in [3.63, 3.8) is 0 Å². The third-order valence-electron chi connectivity index (χ3n) is 5.04. The maximum absolute atomic E-state index is 6.25. The van der Waals surface area contributed by atoms with E-state index in [1.165, 1.54) is 63.6 Å². The fourth-order valence-corrected chi connectivity index (χ4v) is 3.44. The van der Waals surface area contributed by atoms with Crippen molar-refractivity contribution in [3.05, 3.63) is 35.9 Å². The van der Waals surface area contributed by atoms with Crippen molar-refractivity contribution >= 4 is 0 Å². The lowest BCUT2D eigenvalue weighted by Gasteiger charge is -2.25. The van der Waals surface area contributed by atoms with Crippen LogP contribution in [0.4, 0.5) is 0 Å². The van der Waals surface area contributed by atoms with Gasteiger partial charge >= 0.3 is 0 Å². The van der Waals surface area contributed by atoms with E-state index in [1.807, 2.05) is 0 Å². The molecular formula is C18H28N2. The summed E-state index contributed by atoms with van der Waals surface area (Å²) in [5.41, 5.74) is 7.93. The summed E-state index contributed by atoms with van der Waals surface area (Å²) in [7, 11) is 0. The Morgan fingerprint density at radius 1 is 1.15 bits per heavy atom. The molecule has 1 aromatic carbocycles. The summed E-state index contributed by atoms with van der Waals surface area (Å²) in [5, 5.41) is 0. The van der Waals surface area contributed by atoms with E-state index in [0.717, 1.165) is 12.5 Å². The second-order valence-corrected chi connectivity index (χ2v) is 6.98. The minimum Gasteiger partial charge on any atom is -0.325 e.